The molecule has 9 heteroatoms. The predicted octanol–water partition coefficient (Wildman–Crippen LogP) is 2.13. The molecule has 0 unspecified atom stereocenters. The van der Waals surface area contributed by atoms with Gasteiger partial charge in [0.1, 0.15) is 0 Å². The molecule has 1 aliphatic rings. The van der Waals surface area contributed by atoms with Gasteiger partial charge in [-0.15, -0.1) is 0 Å². The molecule has 2 rings (SSSR count). The van der Waals surface area contributed by atoms with Crippen molar-refractivity contribution in [3.05, 3.63) is 24.3 Å². The molecular weight excluding hydrogens is 384 g/mol. The van der Waals surface area contributed by atoms with Crippen molar-refractivity contribution in [2.45, 2.75) is 48.7 Å². The first-order valence-corrected chi connectivity index (χ1v) is 11.1. The van der Waals surface area contributed by atoms with Crippen LogP contribution in [0.25, 0.3) is 0 Å². The minimum atomic E-state index is -3.99. The van der Waals surface area contributed by atoms with Gasteiger partial charge in [0.05, 0.1) is 4.90 Å². The summed E-state index contributed by atoms with van der Waals surface area (Å²) in [6, 6.07) is 6.32. The zero-order valence-electron chi connectivity index (χ0n) is 16.3. The molecule has 0 bridgehead atoms. The maximum atomic E-state index is 13.1. The highest BCUT2D eigenvalue weighted by Crippen LogP contribution is 2.35. The molecule has 0 aliphatic carbocycles. The van der Waals surface area contributed by atoms with Crippen molar-refractivity contribution in [1.29, 1.82) is 0 Å². The largest absolute Gasteiger partial charge is 0.385 e. The van der Waals surface area contributed by atoms with E-state index in [0.29, 0.717) is 13.2 Å². The molecule has 1 aliphatic heterocycles. The number of anilines is 1. The van der Waals surface area contributed by atoms with Gasteiger partial charge in [0, 0.05) is 38.7 Å². The van der Waals surface area contributed by atoms with Gasteiger partial charge in [0.2, 0.25) is 0 Å². The van der Waals surface area contributed by atoms with Crippen LogP contribution >= 0.6 is 0 Å². The molecule has 1 aromatic carbocycles. The summed E-state index contributed by atoms with van der Waals surface area (Å²) in [4.78, 5) is 12.3. The maximum Gasteiger partial charge on any atom is 0.265 e. The number of sulfone groups is 1. The molecular formula is C19H30N2O6S. The number of benzene rings is 1. The van der Waals surface area contributed by atoms with E-state index in [9.17, 15) is 13.2 Å². The lowest BCUT2D eigenvalue weighted by molar-refractivity contribution is -0.134. The molecule has 28 heavy (non-hydrogen) atoms. The number of hydroxylamine groups is 1. The van der Waals surface area contributed by atoms with Gasteiger partial charge >= 0.3 is 0 Å². The summed E-state index contributed by atoms with van der Waals surface area (Å²) in [5.74, 6) is -0.916. The lowest BCUT2D eigenvalue weighted by atomic mass is 9.98. The summed E-state index contributed by atoms with van der Waals surface area (Å²) in [6.07, 6.45) is 3.02. The number of hydrogen-bond donors (Lipinski definition) is 3. The highest BCUT2D eigenvalue weighted by molar-refractivity contribution is 7.93. The van der Waals surface area contributed by atoms with Crippen molar-refractivity contribution >= 4 is 21.4 Å². The average molecular weight is 415 g/mol. The van der Waals surface area contributed by atoms with E-state index >= 15 is 0 Å². The van der Waals surface area contributed by atoms with Gasteiger partial charge in [-0.25, -0.2) is 13.9 Å². The zero-order chi connectivity index (χ0) is 20.5. The Kier molecular flexibility index (Phi) is 8.68. The van der Waals surface area contributed by atoms with Gasteiger partial charge in [0.15, 0.2) is 14.6 Å². The van der Waals surface area contributed by atoms with Gasteiger partial charge in [-0.05, 0) is 49.9 Å². The van der Waals surface area contributed by atoms with E-state index in [1.165, 1.54) is 17.6 Å². The molecule has 0 radical (unpaired) electrons. The van der Waals surface area contributed by atoms with E-state index < -0.39 is 20.5 Å². The van der Waals surface area contributed by atoms with Gasteiger partial charge in [-0.3, -0.25) is 10.0 Å². The molecule has 0 spiro atoms. The number of amides is 1. The van der Waals surface area contributed by atoms with Crippen molar-refractivity contribution in [2.75, 3.05) is 38.3 Å². The fraction of sp³-hybridized carbons (Fsp3) is 0.632. The third kappa shape index (κ3) is 5.22. The van der Waals surface area contributed by atoms with Crippen molar-refractivity contribution in [3.63, 3.8) is 0 Å². The smallest absolute Gasteiger partial charge is 0.265 e. The van der Waals surface area contributed by atoms with E-state index in [1.54, 1.807) is 12.1 Å². The van der Waals surface area contributed by atoms with Crippen LogP contribution in [0.3, 0.4) is 0 Å². The van der Waals surface area contributed by atoms with Crippen molar-refractivity contribution in [1.82, 2.24) is 5.48 Å². The number of carbonyl (C=O) groups is 1. The SMILES string of the molecule is CCCCOCCCNc1ccc(S(=O)(=O)C2(C(=O)NO)CCOCC2)cc1. The first kappa shape index (κ1) is 22.6. The second-order valence-corrected chi connectivity index (χ2v) is 9.08. The summed E-state index contributed by atoms with van der Waals surface area (Å²) in [5.41, 5.74) is 2.31. The lowest BCUT2D eigenvalue weighted by Gasteiger charge is -2.34. The Morgan fingerprint density at radius 1 is 1.18 bits per heavy atom. The number of unbranched alkanes of at least 4 members (excludes halogenated alkanes) is 1. The molecule has 3 N–H and O–H groups in total. The minimum Gasteiger partial charge on any atom is -0.385 e. The van der Waals surface area contributed by atoms with Crippen LogP contribution in [0.5, 0.6) is 0 Å². The standard InChI is InChI=1S/C19H30N2O6S/c1-2-3-12-26-13-4-11-20-16-5-7-17(8-6-16)28(24,25)19(18(22)21-23)9-14-27-15-10-19/h5-8,20,23H,2-4,9-15H2,1H3,(H,21,22). The Morgan fingerprint density at radius 2 is 1.82 bits per heavy atom. The van der Waals surface area contributed by atoms with Gasteiger partial charge in [-0.1, -0.05) is 13.3 Å². The van der Waals surface area contributed by atoms with Gasteiger partial charge in [-0.2, -0.15) is 0 Å². The molecule has 158 valence electrons. The summed E-state index contributed by atoms with van der Waals surface area (Å²) < 4.78 is 35.3. The van der Waals surface area contributed by atoms with Crippen LogP contribution in [0, 0.1) is 0 Å². The van der Waals surface area contributed by atoms with Crippen LogP contribution in [0.1, 0.15) is 39.0 Å². The number of carbonyl (C=O) groups excluding carboxylic acids is 1. The average Bonchev–Trinajstić information content (AvgIpc) is 2.73. The fourth-order valence-corrected chi connectivity index (χ4v) is 5.09. The normalized spacial score (nSPS) is 16.5. The highest BCUT2D eigenvalue weighted by Gasteiger charge is 2.52. The van der Waals surface area contributed by atoms with E-state index in [1.807, 2.05) is 0 Å². The van der Waals surface area contributed by atoms with Crippen LogP contribution in [0.4, 0.5) is 5.69 Å². The van der Waals surface area contributed by atoms with Crippen LogP contribution in [-0.2, 0) is 24.1 Å². The van der Waals surface area contributed by atoms with Crippen LogP contribution in [0.2, 0.25) is 0 Å². The van der Waals surface area contributed by atoms with Crippen LogP contribution < -0.4 is 10.8 Å². The summed E-state index contributed by atoms with van der Waals surface area (Å²) in [7, 11) is -3.99. The maximum absolute atomic E-state index is 13.1. The molecule has 8 nitrogen and oxygen atoms in total. The van der Waals surface area contributed by atoms with E-state index in [-0.39, 0.29) is 31.0 Å². The first-order valence-electron chi connectivity index (χ1n) is 9.66. The molecule has 1 amide bonds. The van der Waals surface area contributed by atoms with Crippen molar-refractivity contribution in [3.8, 4) is 0 Å². The summed E-state index contributed by atoms with van der Waals surface area (Å²) in [6.45, 7) is 4.58. The van der Waals surface area contributed by atoms with Crippen molar-refractivity contribution < 1.29 is 27.9 Å². The summed E-state index contributed by atoms with van der Waals surface area (Å²) in [5, 5.41) is 12.3. The Labute approximate surface area is 166 Å². The number of nitrogens with one attached hydrogen (secondary N) is 2. The Balaban J connectivity index is 1.99. The second-order valence-electron chi connectivity index (χ2n) is 6.82. The fourth-order valence-electron chi connectivity index (χ4n) is 3.15. The lowest BCUT2D eigenvalue weighted by Crippen LogP contribution is -2.54. The van der Waals surface area contributed by atoms with Crippen LogP contribution in [0.15, 0.2) is 29.2 Å². The molecule has 1 heterocycles. The Bertz CT molecular complexity index is 714. The highest BCUT2D eigenvalue weighted by atomic mass is 32.2. The van der Waals surface area contributed by atoms with E-state index in [2.05, 4.69) is 12.2 Å². The van der Waals surface area contributed by atoms with Gasteiger partial charge < -0.3 is 14.8 Å². The number of hydrogen-bond acceptors (Lipinski definition) is 7. The molecule has 0 saturated carbocycles. The molecule has 1 saturated heterocycles. The number of rotatable bonds is 11. The molecule has 0 atom stereocenters. The minimum absolute atomic E-state index is 0.000239. The molecule has 1 fully saturated rings. The van der Waals surface area contributed by atoms with Gasteiger partial charge in [0.25, 0.3) is 5.91 Å². The Hall–Kier alpha value is -1.68. The van der Waals surface area contributed by atoms with E-state index in [0.717, 1.165) is 31.6 Å². The third-order valence-corrected chi connectivity index (χ3v) is 7.45. The predicted molar refractivity (Wildman–Crippen MR) is 105 cm³/mol. The monoisotopic (exact) mass is 414 g/mol. The number of ether oxygens (including phenoxy) is 2. The van der Waals surface area contributed by atoms with Crippen molar-refractivity contribution in [2.24, 2.45) is 0 Å². The quantitative estimate of drug-likeness (QED) is 0.289. The second kappa shape index (κ2) is 10.8. The molecule has 0 aromatic heterocycles. The third-order valence-electron chi connectivity index (χ3n) is 4.93. The van der Waals surface area contributed by atoms with Crippen LogP contribution in [-0.4, -0.2) is 57.3 Å². The van der Waals surface area contributed by atoms with E-state index in [4.69, 9.17) is 14.7 Å². The summed E-state index contributed by atoms with van der Waals surface area (Å²) >= 11 is 0. The molecule has 1 aromatic rings. The Morgan fingerprint density at radius 3 is 2.43 bits per heavy atom. The topological polar surface area (TPSA) is 114 Å². The zero-order valence-corrected chi connectivity index (χ0v) is 17.1. The first-order chi connectivity index (χ1) is 13.5.